The summed E-state index contributed by atoms with van der Waals surface area (Å²) in [6.45, 7) is 0. The lowest BCUT2D eigenvalue weighted by Gasteiger charge is -1.94. The average Bonchev–Trinajstić information content (AvgIpc) is 1.90. The van der Waals surface area contributed by atoms with E-state index in [1.165, 1.54) is 0 Å². The van der Waals surface area contributed by atoms with Crippen LogP contribution in [0, 0.1) is 0 Å². The molecule has 0 atom stereocenters. The Bertz CT molecular complexity index is 154. The molecule has 0 saturated carbocycles. The van der Waals surface area contributed by atoms with E-state index in [2.05, 4.69) is 5.10 Å². The van der Waals surface area contributed by atoms with Crippen molar-refractivity contribution in [3.63, 3.8) is 0 Å². The quantitative estimate of drug-likeness (QED) is 0.416. The van der Waals surface area contributed by atoms with Crippen molar-refractivity contribution in [2.45, 2.75) is 6.42 Å². The first-order valence-electron chi connectivity index (χ1n) is 2.50. The van der Waals surface area contributed by atoms with Crippen molar-refractivity contribution in [2.24, 2.45) is 5.10 Å². The van der Waals surface area contributed by atoms with Gasteiger partial charge in [0.25, 0.3) is 0 Å². The fourth-order valence-electron chi connectivity index (χ4n) is 0.585. The third-order valence-electron chi connectivity index (χ3n) is 1.01. The van der Waals surface area contributed by atoms with Crippen LogP contribution in [0.25, 0.3) is 0 Å². The van der Waals surface area contributed by atoms with Crippen molar-refractivity contribution in [3.05, 3.63) is 24.3 Å². The molecule has 0 aliphatic heterocycles. The smallest absolute Gasteiger partial charge is 0.0661 e. The van der Waals surface area contributed by atoms with Gasteiger partial charge in [-0.1, -0.05) is 18.2 Å². The molecule has 0 unspecified atom stereocenters. The Morgan fingerprint density at radius 3 is 2.75 bits per heavy atom. The highest BCUT2D eigenvalue weighted by Gasteiger charge is 1.91. The summed E-state index contributed by atoms with van der Waals surface area (Å²) in [5.74, 6) is 6.60. The number of hydrogen-bond acceptors (Lipinski definition) is 1. The average molecular weight is 107 g/mol. The van der Waals surface area contributed by atoms with Gasteiger partial charge in [-0.2, -0.15) is 5.10 Å². The Morgan fingerprint density at radius 1 is 1.50 bits per heavy atom. The van der Waals surface area contributed by atoms with Crippen molar-refractivity contribution < 1.29 is 0 Å². The van der Waals surface area contributed by atoms with E-state index in [-0.39, 0.29) is 0 Å². The topological polar surface area (TPSA) is 36.2 Å². The Hall–Kier alpha value is -1.05. The highest BCUT2D eigenvalue weighted by atomic mass is 15.1. The first-order chi connectivity index (χ1) is 3.93. The van der Waals surface area contributed by atoms with E-state index >= 15 is 0 Å². The molecule has 8 heavy (non-hydrogen) atoms. The van der Waals surface area contributed by atoms with Crippen LogP contribution in [0.1, 0.15) is 6.42 Å². The molecule has 1 radical (unpaired) electrons. The Morgan fingerprint density at radius 2 is 2.38 bits per heavy atom. The maximum absolute atomic E-state index is 6.60. The van der Waals surface area contributed by atoms with Gasteiger partial charge in [0.05, 0.1) is 5.71 Å². The van der Waals surface area contributed by atoms with Crippen LogP contribution in [0.4, 0.5) is 0 Å². The van der Waals surface area contributed by atoms with Gasteiger partial charge in [0.1, 0.15) is 0 Å². The van der Waals surface area contributed by atoms with E-state index in [1.807, 2.05) is 24.3 Å². The molecule has 0 aromatic carbocycles. The lowest BCUT2D eigenvalue weighted by atomic mass is 10.2. The molecule has 0 amide bonds. The van der Waals surface area contributed by atoms with Gasteiger partial charge in [-0.05, 0) is 6.08 Å². The molecule has 0 spiro atoms. The predicted octanol–water partition coefficient (Wildman–Crippen LogP) is 1.14. The third kappa shape index (κ3) is 0.964. The van der Waals surface area contributed by atoms with Crippen molar-refractivity contribution in [2.75, 3.05) is 0 Å². The second-order valence-corrected chi connectivity index (χ2v) is 1.59. The first kappa shape index (κ1) is 5.09. The Labute approximate surface area is 48.4 Å². The molecule has 0 fully saturated rings. The van der Waals surface area contributed by atoms with Gasteiger partial charge in [-0.3, -0.25) is 0 Å². The minimum Gasteiger partial charge on any atom is -0.205 e. The maximum atomic E-state index is 6.60. The van der Waals surface area contributed by atoms with E-state index in [4.69, 9.17) is 5.84 Å². The highest BCUT2D eigenvalue weighted by molar-refractivity contribution is 5.96. The van der Waals surface area contributed by atoms with E-state index in [0.29, 0.717) is 0 Å². The van der Waals surface area contributed by atoms with E-state index in [0.717, 1.165) is 12.1 Å². The standard InChI is InChI=1S/C6H7N2/c7-8-6-4-2-1-3-5-6/h1-4,7H,5H2. The molecule has 1 aliphatic carbocycles. The van der Waals surface area contributed by atoms with Crippen molar-refractivity contribution in [3.8, 4) is 0 Å². The zero-order chi connectivity index (χ0) is 5.82. The van der Waals surface area contributed by atoms with Gasteiger partial charge in [-0.15, -0.1) is 0 Å². The minimum atomic E-state index is 0.806. The number of rotatable bonds is 0. The fourth-order valence-corrected chi connectivity index (χ4v) is 0.585. The van der Waals surface area contributed by atoms with Gasteiger partial charge in [-0.25, -0.2) is 5.84 Å². The second kappa shape index (κ2) is 2.31. The van der Waals surface area contributed by atoms with Crippen molar-refractivity contribution >= 4 is 5.71 Å². The largest absolute Gasteiger partial charge is 0.205 e. The van der Waals surface area contributed by atoms with Gasteiger partial charge in [0.2, 0.25) is 0 Å². The number of allylic oxidation sites excluding steroid dienone is 4. The molecule has 2 heteroatoms. The van der Waals surface area contributed by atoms with Crippen LogP contribution in [-0.2, 0) is 0 Å². The number of hydrogen-bond donors (Lipinski definition) is 0. The van der Waals surface area contributed by atoms with E-state index < -0.39 is 0 Å². The summed E-state index contributed by atoms with van der Waals surface area (Å²) in [5.41, 5.74) is 0.826. The van der Waals surface area contributed by atoms with Crippen LogP contribution in [-0.4, -0.2) is 5.71 Å². The molecule has 0 bridgehead atoms. The molecule has 0 aromatic rings. The van der Waals surface area contributed by atoms with Crippen LogP contribution in [0.2, 0.25) is 0 Å². The summed E-state index contributed by atoms with van der Waals surface area (Å²) in [7, 11) is 0. The molecule has 1 aliphatic rings. The van der Waals surface area contributed by atoms with Crippen LogP contribution < -0.4 is 5.84 Å². The summed E-state index contributed by atoms with van der Waals surface area (Å²) in [5, 5.41) is 3.28. The molecule has 0 aromatic heterocycles. The maximum Gasteiger partial charge on any atom is 0.0661 e. The Kier molecular flexibility index (Phi) is 1.47. The summed E-state index contributed by atoms with van der Waals surface area (Å²) >= 11 is 0. The molecule has 0 saturated heterocycles. The second-order valence-electron chi connectivity index (χ2n) is 1.59. The summed E-state index contributed by atoms with van der Waals surface area (Å²) in [6, 6.07) is 0. The molecule has 2 nitrogen and oxygen atoms in total. The molecule has 1 N–H and O–H groups in total. The number of nitrogens with zero attached hydrogens (tertiary/aromatic N) is 1. The lowest BCUT2D eigenvalue weighted by molar-refractivity contribution is 1.16. The summed E-state index contributed by atoms with van der Waals surface area (Å²) in [6.07, 6.45) is 8.46. The predicted molar refractivity (Wildman–Crippen MR) is 33.4 cm³/mol. The molecular weight excluding hydrogens is 100 g/mol. The zero-order valence-electron chi connectivity index (χ0n) is 4.46. The monoisotopic (exact) mass is 107 g/mol. The normalized spacial score (nSPS) is 22.2. The lowest BCUT2D eigenvalue weighted by Crippen LogP contribution is -1.93. The molecule has 1 rings (SSSR count). The third-order valence-corrected chi connectivity index (χ3v) is 1.01. The highest BCUT2D eigenvalue weighted by Crippen LogP contribution is 1.96. The van der Waals surface area contributed by atoms with Crippen LogP contribution in [0.5, 0.6) is 0 Å². The van der Waals surface area contributed by atoms with Crippen molar-refractivity contribution in [1.82, 2.24) is 5.84 Å². The van der Waals surface area contributed by atoms with Crippen LogP contribution in [0.3, 0.4) is 0 Å². The molecule has 41 valence electrons. The van der Waals surface area contributed by atoms with Gasteiger partial charge in [0, 0.05) is 6.42 Å². The van der Waals surface area contributed by atoms with Crippen molar-refractivity contribution in [1.29, 1.82) is 0 Å². The van der Waals surface area contributed by atoms with Gasteiger partial charge >= 0.3 is 0 Å². The van der Waals surface area contributed by atoms with Gasteiger partial charge < -0.3 is 0 Å². The summed E-state index contributed by atoms with van der Waals surface area (Å²) < 4.78 is 0. The molecular formula is C6H7N2. The fraction of sp³-hybridized carbons (Fsp3) is 0.167. The zero-order valence-corrected chi connectivity index (χ0v) is 4.46. The SMILES string of the molecule is [NH]N=C1C=CC=CC1. The van der Waals surface area contributed by atoms with E-state index in [1.54, 1.807) is 0 Å². The summed E-state index contributed by atoms with van der Waals surface area (Å²) in [4.78, 5) is 0. The minimum absolute atomic E-state index is 0.806. The van der Waals surface area contributed by atoms with E-state index in [9.17, 15) is 0 Å². The van der Waals surface area contributed by atoms with Crippen LogP contribution >= 0.6 is 0 Å². The number of nitrogens with one attached hydrogen (secondary N) is 1. The molecule has 0 heterocycles. The van der Waals surface area contributed by atoms with Gasteiger partial charge in [0.15, 0.2) is 0 Å². The Balaban J connectivity index is 2.66. The van der Waals surface area contributed by atoms with Crippen LogP contribution in [0.15, 0.2) is 29.4 Å². The first-order valence-corrected chi connectivity index (χ1v) is 2.50.